The van der Waals surface area contributed by atoms with Crippen molar-refractivity contribution in [3.8, 4) is 5.69 Å². The number of furan rings is 1. The topological polar surface area (TPSA) is 99.0 Å². The van der Waals surface area contributed by atoms with Gasteiger partial charge in [-0.1, -0.05) is 18.2 Å². The first-order valence-electron chi connectivity index (χ1n) is 9.98. The first kappa shape index (κ1) is 18.9. The van der Waals surface area contributed by atoms with Crippen molar-refractivity contribution in [1.82, 2.24) is 19.9 Å². The predicted molar refractivity (Wildman–Crippen MR) is 120 cm³/mol. The van der Waals surface area contributed by atoms with Crippen molar-refractivity contribution in [2.45, 2.75) is 20.4 Å². The molecule has 0 atom stereocenters. The number of nitrogens with one attached hydrogen (secondary N) is 1. The number of hydrogen-bond donors (Lipinski definition) is 2. The van der Waals surface area contributed by atoms with Crippen LogP contribution in [0.3, 0.4) is 0 Å². The molecule has 0 aliphatic rings. The maximum atomic E-state index is 13.2. The second-order valence-electron chi connectivity index (χ2n) is 7.51. The van der Waals surface area contributed by atoms with Crippen LogP contribution in [0.1, 0.15) is 27.2 Å². The summed E-state index contributed by atoms with van der Waals surface area (Å²) >= 11 is 0. The molecule has 3 N–H and O–H groups in total. The van der Waals surface area contributed by atoms with Crippen LogP contribution in [0, 0.1) is 13.8 Å². The number of rotatable bonds is 4. The lowest BCUT2D eigenvalue weighted by molar-refractivity contribution is 0.0950. The molecule has 0 spiro atoms. The van der Waals surface area contributed by atoms with E-state index in [1.54, 1.807) is 23.0 Å². The lowest BCUT2D eigenvalue weighted by Crippen LogP contribution is -2.23. The molecule has 0 aliphatic carbocycles. The zero-order valence-electron chi connectivity index (χ0n) is 17.2. The van der Waals surface area contributed by atoms with Crippen molar-refractivity contribution >= 4 is 33.9 Å². The number of para-hydroxylation sites is 2. The van der Waals surface area contributed by atoms with Gasteiger partial charge in [0.1, 0.15) is 22.7 Å². The Bertz CT molecular complexity index is 1430. The third-order valence-corrected chi connectivity index (χ3v) is 5.48. The SMILES string of the molecule is Cc1ccc(-n2c(N)c(C(=O)NCc3ccco3)c3nc4ccccc4nc32)cc1C. The van der Waals surface area contributed by atoms with E-state index in [0.717, 1.165) is 16.8 Å². The zero-order valence-corrected chi connectivity index (χ0v) is 17.2. The van der Waals surface area contributed by atoms with E-state index in [0.29, 0.717) is 33.8 Å². The highest BCUT2D eigenvalue weighted by Crippen LogP contribution is 2.31. The van der Waals surface area contributed by atoms with Gasteiger partial charge in [-0.3, -0.25) is 9.36 Å². The molecule has 0 aliphatic heterocycles. The summed E-state index contributed by atoms with van der Waals surface area (Å²) in [5.74, 6) is 0.623. The van der Waals surface area contributed by atoms with Gasteiger partial charge < -0.3 is 15.5 Å². The number of fused-ring (bicyclic) bond motifs is 2. The van der Waals surface area contributed by atoms with Gasteiger partial charge in [-0.25, -0.2) is 9.97 Å². The number of nitrogens with two attached hydrogens (primary N) is 1. The third-order valence-electron chi connectivity index (χ3n) is 5.48. The molecule has 0 saturated carbocycles. The molecule has 2 aromatic carbocycles. The second-order valence-corrected chi connectivity index (χ2v) is 7.51. The van der Waals surface area contributed by atoms with Gasteiger partial charge in [0.25, 0.3) is 5.91 Å². The zero-order chi connectivity index (χ0) is 21.5. The number of carbonyl (C=O) groups is 1. The van der Waals surface area contributed by atoms with Crippen molar-refractivity contribution in [2.75, 3.05) is 5.73 Å². The minimum atomic E-state index is -0.328. The third kappa shape index (κ3) is 3.20. The maximum Gasteiger partial charge on any atom is 0.257 e. The fourth-order valence-electron chi connectivity index (χ4n) is 3.68. The molecule has 0 saturated heterocycles. The molecule has 5 rings (SSSR count). The summed E-state index contributed by atoms with van der Waals surface area (Å²) in [7, 11) is 0. The van der Waals surface area contributed by atoms with Crippen LogP contribution in [0.5, 0.6) is 0 Å². The Morgan fingerprint density at radius 3 is 2.52 bits per heavy atom. The number of aromatic nitrogens is 3. The summed E-state index contributed by atoms with van der Waals surface area (Å²) in [6.07, 6.45) is 1.57. The standard InChI is InChI=1S/C24H21N5O2/c1-14-9-10-16(12-15(14)2)29-22(25)20(24(30)26-13-17-6-5-11-31-17)21-23(29)28-19-8-4-3-7-18(19)27-21/h3-12H,13,25H2,1-2H3,(H,26,30). The minimum absolute atomic E-state index is 0.253. The first-order valence-corrected chi connectivity index (χ1v) is 9.98. The first-order chi connectivity index (χ1) is 15.0. The van der Waals surface area contributed by atoms with Gasteiger partial charge in [0, 0.05) is 5.69 Å². The molecule has 0 unspecified atom stereocenters. The molecule has 5 aromatic rings. The number of hydrogen-bond acceptors (Lipinski definition) is 5. The molecule has 154 valence electrons. The van der Waals surface area contributed by atoms with Crippen LogP contribution in [-0.4, -0.2) is 20.4 Å². The molecular weight excluding hydrogens is 390 g/mol. The molecule has 3 aromatic heterocycles. The molecule has 0 bridgehead atoms. The Labute approximate surface area is 178 Å². The second kappa shape index (κ2) is 7.28. The number of benzene rings is 2. The lowest BCUT2D eigenvalue weighted by Gasteiger charge is -2.10. The lowest BCUT2D eigenvalue weighted by atomic mass is 10.1. The summed E-state index contributed by atoms with van der Waals surface area (Å²) < 4.78 is 7.11. The van der Waals surface area contributed by atoms with E-state index in [2.05, 4.69) is 12.2 Å². The van der Waals surface area contributed by atoms with Crippen molar-refractivity contribution in [1.29, 1.82) is 0 Å². The van der Waals surface area contributed by atoms with E-state index in [-0.39, 0.29) is 12.5 Å². The van der Waals surface area contributed by atoms with Crippen LogP contribution in [0.4, 0.5) is 5.82 Å². The van der Waals surface area contributed by atoms with E-state index in [4.69, 9.17) is 20.1 Å². The Kier molecular flexibility index (Phi) is 4.43. The van der Waals surface area contributed by atoms with Crippen molar-refractivity contribution in [3.63, 3.8) is 0 Å². The quantitative estimate of drug-likeness (QED) is 0.459. The van der Waals surface area contributed by atoms with Gasteiger partial charge in [0.2, 0.25) is 0 Å². The van der Waals surface area contributed by atoms with Crippen LogP contribution in [0.2, 0.25) is 0 Å². The van der Waals surface area contributed by atoms with Crippen LogP contribution in [-0.2, 0) is 6.54 Å². The van der Waals surface area contributed by atoms with Crippen LogP contribution >= 0.6 is 0 Å². The van der Waals surface area contributed by atoms with Gasteiger partial charge in [0.05, 0.1) is 23.8 Å². The van der Waals surface area contributed by atoms with Crippen molar-refractivity contribution < 1.29 is 9.21 Å². The Morgan fingerprint density at radius 2 is 1.81 bits per heavy atom. The Hall–Kier alpha value is -4.13. The van der Waals surface area contributed by atoms with Crippen molar-refractivity contribution in [3.05, 3.63) is 83.3 Å². The normalized spacial score (nSPS) is 11.3. The minimum Gasteiger partial charge on any atom is -0.467 e. The van der Waals surface area contributed by atoms with Gasteiger partial charge in [-0.15, -0.1) is 0 Å². The highest BCUT2D eigenvalue weighted by atomic mass is 16.3. The summed E-state index contributed by atoms with van der Waals surface area (Å²) in [6, 6.07) is 17.2. The smallest absolute Gasteiger partial charge is 0.257 e. The molecule has 1 amide bonds. The summed E-state index contributed by atoms with van der Waals surface area (Å²) in [6.45, 7) is 4.35. The van der Waals surface area contributed by atoms with Crippen LogP contribution < -0.4 is 11.1 Å². The van der Waals surface area contributed by atoms with E-state index in [9.17, 15) is 4.79 Å². The number of nitrogen functional groups attached to an aromatic ring is 1. The van der Waals surface area contributed by atoms with E-state index in [1.165, 1.54) is 5.56 Å². The molecule has 3 heterocycles. The monoisotopic (exact) mass is 411 g/mol. The maximum absolute atomic E-state index is 13.2. The average molecular weight is 411 g/mol. The predicted octanol–water partition coefficient (Wildman–Crippen LogP) is 4.30. The Balaban J connectivity index is 1.72. The molecular formula is C24H21N5O2. The van der Waals surface area contributed by atoms with Crippen molar-refractivity contribution in [2.24, 2.45) is 0 Å². The molecule has 0 fully saturated rings. The molecule has 7 nitrogen and oxygen atoms in total. The van der Waals surface area contributed by atoms with Gasteiger partial charge >= 0.3 is 0 Å². The van der Waals surface area contributed by atoms with E-state index >= 15 is 0 Å². The van der Waals surface area contributed by atoms with E-state index in [1.807, 2.05) is 49.4 Å². The van der Waals surface area contributed by atoms with Gasteiger partial charge in [-0.05, 0) is 61.4 Å². The summed E-state index contributed by atoms with van der Waals surface area (Å²) in [5.41, 5.74) is 12.4. The largest absolute Gasteiger partial charge is 0.467 e. The Morgan fingerprint density at radius 1 is 1.03 bits per heavy atom. The number of carbonyl (C=O) groups excluding carboxylic acids is 1. The average Bonchev–Trinajstić information content (AvgIpc) is 3.38. The van der Waals surface area contributed by atoms with Crippen LogP contribution in [0.15, 0.2) is 65.3 Å². The fraction of sp³-hybridized carbons (Fsp3) is 0.125. The fourth-order valence-corrected chi connectivity index (χ4v) is 3.68. The van der Waals surface area contributed by atoms with Gasteiger partial charge in [-0.2, -0.15) is 0 Å². The number of anilines is 1. The highest BCUT2D eigenvalue weighted by Gasteiger charge is 2.25. The highest BCUT2D eigenvalue weighted by molar-refractivity contribution is 6.11. The molecule has 0 radical (unpaired) electrons. The van der Waals surface area contributed by atoms with Crippen LogP contribution in [0.25, 0.3) is 27.9 Å². The number of nitrogens with zero attached hydrogens (tertiary/aromatic N) is 3. The molecule has 31 heavy (non-hydrogen) atoms. The van der Waals surface area contributed by atoms with E-state index < -0.39 is 0 Å². The summed E-state index contributed by atoms with van der Waals surface area (Å²) in [5, 5.41) is 2.87. The number of aryl methyl sites for hydroxylation is 2. The van der Waals surface area contributed by atoms with Gasteiger partial charge in [0.15, 0.2) is 5.65 Å². The molecule has 7 heteroatoms. The number of amides is 1. The summed E-state index contributed by atoms with van der Waals surface area (Å²) in [4.78, 5) is 22.7.